The molecule has 0 aromatic heterocycles. The van der Waals surface area contributed by atoms with Gasteiger partial charge < -0.3 is 0 Å². The Labute approximate surface area is 94.8 Å². The zero-order chi connectivity index (χ0) is 12.3. The number of hydrazine groups is 1. The maximum atomic E-state index is 13.6. The zero-order valence-corrected chi connectivity index (χ0v) is 9.85. The van der Waals surface area contributed by atoms with Gasteiger partial charge in [0.25, 0.3) is 0 Å². The highest BCUT2D eigenvalue weighted by atomic mass is 19.1. The van der Waals surface area contributed by atoms with Crippen LogP contribution in [0.4, 0.5) is 8.78 Å². The first kappa shape index (κ1) is 13.1. The van der Waals surface area contributed by atoms with E-state index in [0.717, 1.165) is 6.42 Å². The molecule has 0 aliphatic heterocycles. The van der Waals surface area contributed by atoms with E-state index in [2.05, 4.69) is 5.43 Å². The first-order valence-corrected chi connectivity index (χ1v) is 5.34. The van der Waals surface area contributed by atoms with Crippen molar-refractivity contribution in [1.82, 2.24) is 5.43 Å². The van der Waals surface area contributed by atoms with Gasteiger partial charge in [0.15, 0.2) is 0 Å². The lowest BCUT2D eigenvalue weighted by Crippen LogP contribution is -2.39. The van der Waals surface area contributed by atoms with E-state index in [1.807, 2.05) is 20.8 Å². The van der Waals surface area contributed by atoms with Crippen molar-refractivity contribution in [3.63, 3.8) is 0 Å². The molecule has 0 heterocycles. The van der Waals surface area contributed by atoms with E-state index < -0.39 is 17.7 Å². The standard InChI is InChI=1S/C12H18F2N2/c1-4-12(2,3)11(16-15)10-8(13)6-5-7-9(10)14/h5-7,11,16H,4,15H2,1-3H3. The summed E-state index contributed by atoms with van der Waals surface area (Å²) in [6.07, 6.45) is 0.760. The lowest BCUT2D eigenvalue weighted by molar-refractivity contribution is 0.225. The summed E-state index contributed by atoms with van der Waals surface area (Å²) >= 11 is 0. The second kappa shape index (κ2) is 4.89. The van der Waals surface area contributed by atoms with Crippen molar-refractivity contribution in [2.45, 2.75) is 33.2 Å². The van der Waals surface area contributed by atoms with Crippen molar-refractivity contribution in [3.8, 4) is 0 Å². The Balaban J connectivity index is 3.24. The topological polar surface area (TPSA) is 38.0 Å². The zero-order valence-electron chi connectivity index (χ0n) is 9.85. The molecule has 0 saturated carbocycles. The SMILES string of the molecule is CCC(C)(C)C(NN)c1c(F)cccc1F. The molecule has 2 nitrogen and oxygen atoms in total. The minimum absolute atomic E-state index is 0.0110. The molecule has 1 aromatic rings. The van der Waals surface area contributed by atoms with E-state index in [1.165, 1.54) is 18.2 Å². The summed E-state index contributed by atoms with van der Waals surface area (Å²) in [5, 5.41) is 0. The van der Waals surface area contributed by atoms with E-state index in [1.54, 1.807) is 0 Å². The molecule has 0 saturated heterocycles. The predicted octanol–water partition coefficient (Wildman–Crippen LogP) is 2.91. The Morgan fingerprint density at radius 1 is 1.31 bits per heavy atom. The second-order valence-electron chi connectivity index (χ2n) is 4.58. The first-order chi connectivity index (χ1) is 7.44. The number of hydrogen-bond acceptors (Lipinski definition) is 2. The highest BCUT2D eigenvalue weighted by Crippen LogP contribution is 2.37. The molecule has 0 aliphatic rings. The van der Waals surface area contributed by atoms with E-state index in [0.29, 0.717) is 0 Å². The molecule has 16 heavy (non-hydrogen) atoms. The van der Waals surface area contributed by atoms with Crippen molar-refractivity contribution in [2.24, 2.45) is 11.3 Å². The van der Waals surface area contributed by atoms with Crippen LogP contribution < -0.4 is 11.3 Å². The smallest absolute Gasteiger partial charge is 0.130 e. The van der Waals surface area contributed by atoms with Crippen LogP contribution in [-0.4, -0.2) is 0 Å². The van der Waals surface area contributed by atoms with Crippen LogP contribution in [0.5, 0.6) is 0 Å². The summed E-state index contributed by atoms with van der Waals surface area (Å²) < 4.78 is 27.2. The van der Waals surface area contributed by atoms with Gasteiger partial charge in [-0.05, 0) is 24.0 Å². The number of nitrogens with two attached hydrogens (primary N) is 1. The summed E-state index contributed by atoms with van der Waals surface area (Å²) in [7, 11) is 0. The number of halogens is 2. The van der Waals surface area contributed by atoms with Gasteiger partial charge in [-0.3, -0.25) is 11.3 Å². The van der Waals surface area contributed by atoms with Crippen molar-refractivity contribution in [2.75, 3.05) is 0 Å². The molecule has 1 unspecified atom stereocenters. The fourth-order valence-electron chi connectivity index (χ4n) is 1.69. The van der Waals surface area contributed by atoms with Crippen LogP contribution in [0.1, 0.15) is 38.8 Å². The molecule has 1 aromatic carbocycles. The molecule has 1 rings (SSSR count). The van der Waals surface area contributed by atoms with E-state index >= 15 is 0 Å². The summed E-state index contributed by atoms with van der Waals surface area (Å²) in [6, 6.07) is 3.29. The van der Waals surface area contributed by atoms with Crippen LogP contribution in [0, 0.1) is 17.0 Å². The third kappa shape index (κ3) is 2.39. The average Bonchev–Trinajstić information content (AvgIpc) is 2.23. The van der Waals surface area contributed by atoms with Gasteiger partial charge in [0, 0.05) is 5.56 Å². The molecule has 0 aliphatic carbocycles. The Bertz CT molecular complexity index is 344. The molecule has 0 spiro atoms. The quantitative estimate of drug-likeness (QED) is 0.614. The molecule has 3 N–H and O–H groups in total. The summed E-state index contributed by atoms with van der Waals surface area (Å²) in [4.78, 5) is 0. The van der Waals surface area contributed by atoms with Crippen LogP contribution in [0.15, 0.2) is 18.2 Å². The van der Waals surface area contributed by atoms with Crippen molar-refractivity contribution in [3.05, 3.63) is 35.4 Å². The van der Waals surface area contributed by atoms with Crippen LogP contribution in [0.2, 0.25) is 0 Å². The molecule has 0 fully saturated rings. The highest BCUT2D eigenvalue weighted by molar-refractivity contribution is 5.25. The Kier molecular flexibility index (Phi) is 3.99. The molecule has 1 atom stereocenters. The molecule has 0 radical (unpaired) electrons. The third-order valence-corrected chi connectivity index (χ3v) is 3.15. The third-order valence-electron chi connectivity index (χ3n) is 3.15. The predicted molar refractivity (Wildman–Crippen MR) is 60.5 cm³/mol. The number of rotatable bonds is 4. The van der Waals surface area contributed by atoms with Crippen LogP contribution in [0.3, 0.4) is 0 Å². The van der Waals surface area contributed by atoms with Gasteiger partial charge >= 0.3 is 0 Å². The summed E-state index contributed by atoms with van der Waals surface area (Å²) in [5.41, 5.74) is 2.20. The maximum absolute atomic E-state index is 13.6. The van der Waals surface area contributed by atoms with Gasteiger partial charge in [0.2, 0.25) is 0 Å². The highest BCUT2D eigenvalue weighted by Gasteiger charge is 2.32. The van der Waals surface area contributed by atoms with Crippen LogP contribution in [0.25, 0.3) is 0 Å². The van der Waals surface area contributed by atoms with Gasteiger partial charge in [-0.1, -0.05) is 26.8 Å². The van der Waals surface area contributed by atoms with Gasteiger partial charge in [-0.2, -0.15) is 0 Å². The fourth-order valence-corrected chi connectivity index (χ4v) is 1.69. The Morgan fingerprint density at radius 2 is 1.81 bits per heavy atom. The van der Waals surface area contributed by atoms with Gasteiger partial charge in [-0.15, -0.1) is 0 Å². The fraction of sp³-hybridized carbons (Fsp3) is 0.500. The van der Waals surface area contributed by atoms with Crippen LogP contribution in [-0.2, 0) is 0 Å². The molecule has 0 amide bonds. The van der Waals surface area contributed by atoms with Gasteiger partial charge in [-0.25, -0.2) is 8.78 Å². The largest absolute Gasteiger partial charge is 0.271 e. The van der Waals surface area contributed by atoms with Gasteiger partial charge in [0.1, 0.15) is 11.6 Å². The lowest BCUT2D eigenvalue weighted by Gasteiger charge is -2.33. The first-order valence-electron chi connectivity index (χ1n) is 5.34. The summed E-state index contributed by atoms with van der Waals surface area (Å²) in [6.45, 7) is 5.80. The summed E-state index contributed by atoms with van der Waals surface area (Å²) in [5.74, 6) is 4.29. The van der Waals surface area contributed by atoms with Crippen molar-refractivity contribution < 1.29 is 8.78 Å². The van der Waals surface area contributed by atoms with E-state index in [4.69, 9.17) is 5.84 Å². The van der Waals surface area contributed by atoms with E-state index in [9.17, 15) is 8.78 Å². The lowest BCUT2D eigenvalue weighted by atomic mass is 9.78. The second-order valence-corrected chi connectivity index (χ2v) is 4.58. The molecular formula is C12H18F2N2. The Morgan fingerprint density at radius 3 is 2.19 bits per heavy atom. The number of benzene rings is 1. The molecule has 0 bridgehead atoms. The van der Waals surface area contributed by atoms with Crippen LogP contribution >= 0.6 is 0 Å². The van der Waals surface area contributed by atoms with Gasteiger partial charge in [0.05, 0.1) is 6.04 Å². The maximum Gasteiger partial charge on any atom is 0.130 e. The molecule has 90 valence electrons. The molecule has 4 heteroatoms. The average molecular weight is 228 g/mol. The monoisotopic (exact) mass is 228 g/mol. The number of nitrogens with one attached hydrogen (secondary N) is 1. The van der Waals surface area contributed by atoms with Crippen molar-refractivity contribution in [1.29, 1.82) is 0 Å². The Hall–Kier alpha value is -1.00. The molecular weight excluding hydrogens is 210 g/mol. The minimum atomic E-state index is -0.565. The van der Waals surface area contributed by atoms with Crippen molar-refractivity contribution >= 4 is 0 Å². The minimum Gasteiger partial charge on any atom is -0.271 e. The van der Waals surface area contributed by atoms with E-state index in [-0.39, 0.29) is 11.0 Å². The normalized spacial score (nSPS) is 13.9. The number of hydrogen-bond donors (Lipinski definition) is 2.